The quantitative estimate of drug-likeness (QED) is 0.740. The van der Waals surface area contributed by atoms with Crippen molar-refractivity contribution in [3.8, 4) is 0 Å². The SMILES string of the molecule is O=C(NCc1ccc(S(=O)(=O)N2CCOCC2)s1)c1cc(F)ccc1Br. The minimum atomic E-state index is -3.54. The van der Waals surface area contributed by atoms with E-state index in [-0.39, 0.29) is 16.3 Å². The minimum absolute atomic E-state index is 0.158. The number of morpholine rings is 1. The number of benzene rings is 1. The van der Waals surface area contributed by atoms with Crippen LogP contribution in [0, 0.1) is 5.82 Å². The third kappa shape index (κ3) is 4.32. The van der Waals surface area contributed by atoms with E-state index in [1.54, 1.807) is 6.07 Å². The Morgan fingerprint density at radius 3 is 2.73 bits per heavy atom. The van der Waals surface area contributed by atoms with Gasteiger partial charge in [0.1, 0.15) is 10.0 Å². The van der Waals surface area contributed by atoms with Gasteiger partial charge in [0.05, 0.1) is 25.3 Å². The lowest BCUT2D eigenvalue weighted by atomic mass is 10.2. The fourth-order valence-electron chi connectivity index (χ4n) is 2.44. The molecular formula is C16H16BrFN2O4S2. The monoisotopic (exact) mass is 462 g/mol. The zero-order valence-corrected chi connectivity index (χ0v) is 16.8. The van der Waals surface area contributed by atoms with Crippen LogP contribution in [0.4, 0.5) is 4.39 Å². The summed E-state index contributed by atoms with van der Waals surface area (Å²) in [5.41, 5.74) is 0.183. The van der Waals surface area contributed by atoms with Gasteiger partial charge in [0.15, 0.2) is 0 Å². The van der Waals surface area contributed by atoms with Gasteiger partial charge in [0.25, 0.3) is 15.9 Å². The topological polar surface area (TPSA) is 75.7 Å². The van der Waals surface area contributed by atoms with Gasteiger partial charge in [0, 0.05) is 22.4 Å². The van der Waals surface area contributed by atoms with Crippen LogP contribution in [0.15, 0.2) is 39.0 Å². The highest BCUT2D eigenvalue weighted by molar-refractivity contribution is 9.10. The molecule has 1 fully saturated rings. The lowest BCUT2D eigenvalue weighted by Gasteiger charge is -2.25. The van der Waals surface area contributed by atoms with Gasteiger partial charge in [-0.1, -0.05) is 0 Å². The van der Waals surface area contributed by atoms with E-state index in [2.05, 4.69) is 21.2 Å². The number of ether oxygens (including phenoxy) is 1. The number of nitrogens with zero attached hydrogens (tertiary/aromatic N) is 1. The Labute approximate surface area is 163 Å². The summed E-state index contributed by atoms with van der Waals surface area (Å²) in [7, 11) is -3.54. The van der Waals surface area contributed by atoms with Crippen LogP contribution in [0.2, 0.25) is 0 Å². The summed E-state index contributed by atoms with van der Waals surface area (Å²) < 4.78 is 45.8. The zero-order valence-electron chi connectivity index (χ0n) is 13.6. The molecule has 3 rings (SSSR count). The van der Waals surface area contributed by atoms with Crippen LogP contribution < -0.4 is 5.32 Å². The summed E-state index contributed by atoms with van der Waals surface area (Å²) in [6.07, 6.45) is 0. The smallest absolute Gasteiger partial charge is 0.252 e. The van der Waals surface area contributed by atoms with E-state index < -0.39 is 21.7 Å². The second-order valence-electron chi connectivity index (χ2n) is 5.54. The van der Waals surface area contributed by atoms with E-state index in [1.165, 1.54) is 22.5 Å². The van der Waals surface area contributed by atoms with E-state index in [4.69, 9.17) is 4.74 Å². The normalized spacial score (nSPS) is 15.8. The minimum Gasteiger partial charge on any atom is -0.379 e. The first-order valence-corrected chi connectivity index (χ1v) is 10.8. The van der Waals surface area contributed by atoms with Gasteiger partial charge in [-0.05, 0) is 46.3 Å². The summed E-state index contributed by atoms with van der Waals surface area (Å²) >= 11 is 4.32. The van der Waals surface area contributed by atoms with E-state index in [9.17, 15) is 17.6 Å². The third-order valence-electron chi connectivity index (χ3n) is 3.80. The summed E-state index contributed by atoms with van der Waals surface area (Å²) in [5.74, 6) is -0.948. The van der Waals surface area contributed by atoms with Crippen LogP contribution in [-0.2, 0) is 21.3 Å². The number of nitrogens with one attached hydrogen (secondary N) is 1. The Hall–Kier alpha value is -1.33. The Morgan fingerprint density at radius 1 is 1.27 bits per heavy atom. The highest BCUT2D eigenvalue weighted by atomic mass is 79.9. The lowest BCUT2D eigenvalue weighted by molar-refractivity contribution is 0.0731. The Morgan fingerprint density at radius 2 is 2.00 bits per heavy atom. The van der Waals surface area contributed by atoms with Crippen molar-refractivity contribution in [1.82, 2.24) is 9.62 Å². The molecule has 2 heterocycles. The summed E-state index contributed by atoms with van der Waals surface area (Å²) in [5, 5.41) is 2.67. The van der Waals surface area contributed by atoms with Crippen molar-refractivity contribution in [2.75, 3.05) is 26.3 Å². The van der Waals surface area contributed by atoms with Gasteiger partial charge in [-0.15, -0.1) is 11.3 Å². The van der Waals surface area contributed by atoms with Crippen molar-refractivity contribution >= 4 is 43.2 Å². The molecule has 140 valence electrons. The number of halogens is 2. The Kier molecular flexibility index (Phi) is 6.08. The van der Waals surface area contributed by atoms with Crippen molar-refractivity contribution in [2.45, 2.75) is 10.8 Å². The second-order valence-corrected chi connectivity index (χ2v) is 9.73. The summed E-state index contributed by atoms with van der Waals surface area (Å²) in [6, 6.07) is 7.06. The summed E-state index contributed by atoms with van der Waals surface area (Å²) in [4.78, 5) is 12.9. The highest BCUT2D eigenvalue weighted by Gasteiger charge is 2.27. The van der Waals surface area contributed by atoms with Crippen LogP contribution in [0.3, 0.4) is 0 Å². The highest BCUT2D eigenvalue weighted by Crippen LogP contribution is 2.26. The lowest BCUT2D eigenvalue weighted by Crippen LogP contribution is -2.40. The van der Waals surface area contributed by atoms with Crippen LogP contribution in [-0.4, -0.2) is 44.9 Å². The van der Waals surface area contributed by atoms with E-state index in [0.29, 0.717) is 35.7 Å². The van der Waals surface area contributed by atoms with Gasteiger partial charge in [0.2, 0.25) is 0 Å². The maximum absolute atomic E-state index is 13.3. The maximum atomic E-state index is 13.3. The van der Waals surface area contributed by atoms with Crippen LogP contribution in [0.1, 0.15) is 15.2 Å². The molecule has 1 saturated heterocycles. The predicted molar refractivity (Wildman–Crippen MR) is 99.2 cm³/mol. The number of hydrogen-bond donors (Lipinski definition) is 1. The predicted octanol–water partition coefficient (Wildman–Crippen LogP) is 2.60. The number of amides is 1. The Balaban J connectivity index is 1.67. The standard InChI is InChI=1S/C16H16BrFN2O4S2/c17-14-3-1-11(18)9-13(14)16(21)19-10-12-2-4-15(25-12)26(22,23)20-5-7-24-8-6-20/h1-4,9H,5-8,10H2,(H,19,21). The molecule has 26 heavy (non-hydrogen) atoms. The molecule has 0 spiro atoms. The average Bonchev–Trinajstić information content (AvgIpc) is 3.12. The molecule has 0 aliphatic carbocycles. The summed E-state index contributed by atoms with van der Waals surface area (Å²) in [6.45, 7) is 1.59. The van der Waals surface area contributed by atoms with Crippen molar-refractivity contribution in [3.05, 3.63) is 51.1 Å². The second kappa shape index (κ2) is 8.13. The number of rotatable bonds is 5. The van der Waals surface area contributed by atoms with Crippen LogP contribution in [0.25, 0.3) is 0 Å². The van der Waals surface area contributed by atoms with Gasteiger partial charge >= 0.3 is 0 Å². The third-order valence-corrected chi connectivity index (χ3v) is 7.94. The number of thiophene rings is 1. The molecule has 0 radical (unpaired) electrons. The fraction of sp³-hybridized carbons (Fsp3) is 0.312. The molecule has 1 aromatic carbocycles. The maximum Gasteiger partial charge on any atom is 0.252 e. The first-order valence-electron chi connectivity index (χ1n) is 7.78. The molecule has 0 unspecified atom stereocenters. The molecule has 0 bridgehead atoms. The van der Waals surface area contributed by atoms with Gasteiger partial charge in [-0.25, -0.2) is 12.8 Å². The molecule has 1 N–H and O–H groups in total. The molecule has 1 amide bonds. The largest absolute Gasteiger partial charge is 0.379 e. The van der Waals surface area contributed by atoms with Gasteiger partial charge < -0.3 is 10.1 Å². The number of carbonyl (C=O) groups is 1. The molecule has 1 aliphatic rings. The molecular weight excluding hydrogens is 447 g/mol. The first kappa shape index (κ1) is 19.4. The van der Waals surface area contributed by atoms with E-state index in [1.807, 2.05) is 0 Å². The van der Waals surface area contributed by atoms with E-state index >= 15 is 0 Å². The first-order chi connectivity index (χ1) is 12.4. The molecule has 10 heteroatoms. The van der Waals surface area contributed by atoms with Gasteiger partial charge in [-0.2, -0.15) is 4.31 Å². The molecule has 1 aromatic heterocycles. The van der Waals surface area contributed by atoms with Crippen molar-refractivity contribution in [2.24, 2.45) is 0 Å². The van der Waals surface area contributed by atoms with Crippen molar-refractivity contribution in [1.29, 1.82) is 0 Å². The molecule has 6 nitrogen and oxygen atoms in total. The number of sulfonamides is 1. The van der Waals surface area contributed by atoms with Gasteiger partial charge in [-0.3, -0.25) is 4.79 Å². The molecule has 2 aromatic rings. The van der Waals surface area contributed by atoms with E-state index in [0.717, 1.165) is 17.4 Å². The Bertz CT molecular complexity index is 911. The molecule has 0 atom stereocenters. The number of carbonyl (C=O) groups excluding carboxylic acids is 1. The van der Waals surface area contributed by atoms with Crippen LogP contribution in [0.5, 0.6) is 0 Å². The number of hydrogen-bond acceptors (Lipinski definition) is 5. The average molecular weight is 463 g/mol. The zero-order chi connectivity index (χ0) is 18.7. The fourth-order valence-corrected chi connectivity index (χ4v) is 5.72. The van der Waals surface area contributed by atoms with Crippen molar-refractivity contribution in [3.63, 3.8) is 0 Å². The van der Waals surface area contributed by atoms with Crippen molar-refractivity contribution < 1.29 is 22.3 Å². The molecule has 1 aliphatic heterocycles. The molecule has 0 saturated carbocycles. The van der Waals surface area contributed by atoms with Crippen LogP contribution >= 0.6 is 27.3 Å².